The van der Waals surface area contributed by atoms with Gasteiger partial charge in [-0.05, 0) is 43.7 Å². The van der Waals surface area contributed by atoms with E-state index in [4.69, 9.17) is 4.74 Å². The first-order valence-electron chi connectivity index (χ1n) is 9.99. The lowest BCUT2D eigenvalue weighted by molar-refractivity contribution is -0.130. The van der Waals surface area contributed by atoms with Gasteiger partial charge in [0.25, 0.3) is 10.0 Å². The first-order chi connectivity index (χ1) is 15.4. The summed E-state index contributed by atoms with van der Waals surface area (Å²) >= 11 is 0. The molecule has 3 aromatic heterocycles. The van der Waals surface area contributed by atoms with Crippen molar-refractivity contribution < 1.29 is 17.9 Å². The zero-order valence-corrected chi connectivity index (χ0v) is 19.0. The van der Waals surface area contributed by atoms with Gasteiger partial charge < -0.3 is 9.64 Å². The maximum atomic E-state index is 13.5. The molecule has 0 fully saturated rings. The largest absolute Gasteiger partial charge is 0.481 e. The molecule has 0 N–H and O–H groups in total. The van der Waals surface area contributed by atoms with Crippen LogP contribution >= 0.6 is 0 Å². The molecule has 3 aromatic rings. The standard InChI is InChI=1S/C22H25N5O4S/c1-4-26(15-18-9-5-6-12-23-18)21(28)16-27(19-10-11-20(31-3)25-14-19)32(29,30)22-17(2)8-7-13-24-22/h5-14H,4,15-16H2,1-3H3. The zero-order chi connectivity index (χ0) is 23.1. The second kappa shape index (κ2) is 10.2. The van der Waals surface area contributed by atoms with E-state index in [1.807, 2.05) is 19.1 Å². The third-order valence-electron chi connectivity index (χ3n) is 4.81. The third-order valence-corrected chi connectivity index (χ3v) is 6.64. The van der Waals surface area contributed by atoms with Crippen LogP contribution in [0.25, 0.3) is 0 Å². The number of methoxy groups -OCH3 is 1. The minimum Gasteiger partial charge on any atom is -0.481 e. The van der Waals surface area contributed by atoms with Crippen molar-refractivity contribution in [3.63, 3.8) is 0 Å². The average molecular weight is 456 g/mol. The number of aryl methyl sites for hydroxylation is 1. The van der Waals surface area contributed by atoms with Gasteiger partial charge in [0.2, 0.25) is 11.8 Å². The summed E-state index contributed by atoms with van der Waals surface area (Å²) in [5, 5.41) is -0.114. The number of hydrogen-bond acceptors (Lipinski definition) is 7. The summed E-state index contributed by atoms with van der Waals surface area (Å²) in [5.41, 5.74) is 1.43. The summed E-state index contributed by atoms with van der Waals surface area (Å²) in [5.74, 6) is -0.0390. The summed E-state index contributed by atoms with van der Waals surface area (Å²) in [6, 6.07) is 11.8. The predicted octanol–water partition coefficient (Wildman–Crippen LogP) is 2.43. The Hall–Kier alpha value is -3.53. The first kappa shape index (κ1) is 23.1. The van der Waals surface area contributed by atoms with Crippen LogP contribution in [0, 0.1) is 6.92 Å². The predicted molar refractivity (Wildman–Crippen MR) is 120 cm³/mol. The zero-order valence-electron chi connectivity index (χ0n) is 18.2. The second-order valence-electron chi connectivity index (χ2n) is 6.92. The molecule has 0 radical (unpaired) electrons. The smallest absolute Gasteiger partial charge is 0.282 e. The van der Waals surface area contributed by atoms with Gasteiger partial charge >= 0.3 is 0 Å². The van der Waals surface area contributed by atoms with E-state index in [0.29, 0.717) is 23.7 Å². The van der Waals surface area contributed by atoms with E-state index in [2.05, 4.69) is 15.0 Å². The van der Waals surface area contributed by atoms with Crippen LogP contribution in [0.2, 0.25) is 0 Å². The number of rotatable bonds is 9. The van der Waals surface area contributed by atoms with Gasteiger partial charge in [-0.25, -0.2) is 9.97 Å². The number of aromatic nitrogens is 3. The van der Waals surface area contributed by atoms with Crippen molar-refractivity contribution in [2.24, 2.45) is 0 Å². The van der Waals surface area contributed by atoms with Crippen LogP contribution in [0.5, 0.6) is 5.88 Å². The fourth-order valence-corrected chi connectivity index (χ4v) is 4.63. The Kier molecular flexibility index (Phi) is 7.37. The molecule has 0 saturated carbocycles. The van der Waals surface area contributed by atoms with Gasteiger partial charge in [0.1, 0.15) is 6.54 Å². The monoisotopic (exact) mass is 455 g/mol. The molecule has 3 heterocycles. The quantitative estimate of drug-likeness (QED) is 0.488. The Bertz CT molecular complexity index is 1150. The van der Waals surface area contributed by atoms with Crippen LogP contribution in [0.3, 0.4) is 0 Å². The van der Waals surface area contributed by atoms with E-state index in [1.165, 1.54) is 19.5 Å². The lowest BCUT2D eigenvalue weighted by Crippen LogP contribution is -2.43. The molecule has 0 spiro atoms. The Morgan fingerprint density at radius 2 is 1.81 bits per heavy atom. The van der Waals surface area contributed by atoms with Crippen molar-refractivity contribution in [3.8, 4) is 5.88 Å². The topological polar surface area (TPSA) is 106 Å². The van der Waals surface area contributed by atoms with Crippen LogP contribution in [0.1, 0.15) is 18.2 Å². The van der Waals surface area contributed by atoms with Crippen LogP contribution in [-0.4, -0.2) is 54.4 Å². The van der Waals surface area contributed by atoms with Gasteiger partial charge in [0, 0.05) is 25.0 Å². The number of ether oxygens (including phenoxy) is 1. The molecule has 32 heavy (non-hydrogen) atoms. The fraction of sp³-hybridized carbons (Fsp3) is 0.273. The second-order valence-corrected chi connectivity index (χ2v) is 8.70. The van der Waals surface area contributed by atoms with Crippen LogP contribution in [-0.2, 0) is 21.4 Å². The summed E-state index contributed by atoms with van der Waals surface area (Å²) in [6.07, 6.45) is 4.42. The van der Waals surface area contributed by atoms with Gasteiger partial charge in [0.05, 0.1) is 31.2 Å². The summed E-state index contributed by atoms with van der Waals surface area (Å²) in [7, 11) is -2.67. The number of amides is 1. The van der Waals surface area contributed by atoms with E-state index in [-0.39, 0.29) is 23.2 Å². The van der Waals surface area contributed by atoms with E-state index in [0.717, 1.165) is 4.31 Å². The van der Waals surface area contributed by atoms with Crippen LogP contribution in [0.4, 0.5) is 5.69 Å². The molecular weight excluding hydrogens is 430 g/mol. The number of carbonyl (C=O) groups excluding carboxylic acids is 1. The minimum absolute atomic E-state index is 0.114. The Balaban J connectivity index is 1.96. The highest BCUT2D eigenvalue weighted by Crippen LogP contribution is 2.25. The van der Waals surface area contributed by atoms with E-state index in [9.17, 15) is 13.2 Å². The number of nitrogens with zero attached hydrogens (tertiary/aromatic N) is 5. The van der Waals surface area contributed by atoms with E-state index < -0.39 is 16.6 Å². The highest BCUT2D eigenvalue weighted by atomic mass is 32.2. The van der Waals surface area contributed by atoms with Crippen molar-refractivity contribution in [1.29, 1.82) is 0 Å². The van der Waals surface area contributed by atoms with Crippen molar-refractivity contribution in [2.45, 2.75) is 25.4 Å². The Labute approximate surface area is 187 Å². The highest BCUT2D eigenvalue weighted by molar-refractivity contribution is 7.92. The molecule has 0 aliphatic heterocycles. The minimum atomic E-state index is -4.14. The van der Waals surface area contributed by atoms with E-state index >= 15 is 0 Å². The lowest BCUT2D eigenvalue weighted by atomic mass is 10.3. The molecule has 9 nitrogen and oxygen atoms in total. The number of sulfonamides is 1. The van der Waals surface area contributed by atoms with Gasteiger partial charge in [-0.2, -0.15) is 8.42 Å². The Morgan fingerprint density at radius 1 is 1.03 bits per heavy atom. The van der Waals surface area contributed by atoms with Crippen LogP contribution < -0.4 is 9.04 Å². The maximum Gasteiger partial charge on any atom is 0.282 e. The molecule has 168 valence electrons. The number of hydrogen-bond donors (Lipinski definition) is 0. The SMILES string of the molecule is CCN(Cc1ccccn1)C(=O)CN(c1ccc(OC)nc1)S(=O)(=O)c1ncccc1C. The molecule has 1 amide bonds. The number of anilines is 1. The molecule has 0 aliphatic carbocycles. The number of pyridine rings is 3. The molecule has 0 bridgehead atoms. The lowest BCUT2D eigenvalue weighted by Gasteiger charge is -2.27. The number of likely N-dealkylation sites (N-methyl/N-ethyl adjacent to an activating group) is 1. The molecule has 10 heteroatoms. The normalized spacial score (nSPS) is 11.1. The molecule has 0 aromatic carbocycles. The molecule has 0 unspecified atom stereocenters. The van der Waals surface area contributed by atoms with Gasteiger partial charge in [0.15, 0.2) is 5.03 Å². The van der Waals surface area contributed by atoms with Gasteiger partial charge in [-0.3, -0.25) is 14.1 Å². The molecule has 0 saturated heterocycles. The molecule has 0 aliphatic rings. The average Bonchev–Trinajstić information content (AvgIpc) is 2.81. The summed E-state index contributed by atoms with van der Waals surface area (Å²) < 4.78 is 33.2. The van der Waals surface area contributed by atoms with Gasteiger partial charge in [-0.15, -0.1) is 0 Å². The molecular formula is C22H25N5O4S. The first-order valence-corrected chi connectivity index (χ1v) is 11.4. The molecule has 0 atom stereocenters. The van der Waals surface area contributed by atoms with Crippen molar-refractivity contribution >= 4 is 21.6 Å². The Morgan fingerprint density at radius 3 is 2.41 bits per heavy atom. The van der Waals surface area contributed by atoms with Crippen LogP contribution in [0.15, 0.2) is 66.1 Å². The third kappa shape index (κ3) is 5.20. The summed E-state index contributed by atoms with van der Waals surface area (Å²) in [4.78, 5) is 27.1. The highest BCUT2D eigenvalue weighted by Gasteiger charge is 2.31. The maximum absolute atomic E-state index is 13.5. The summed E-state index contributed by atoms with van der Waals surface area (Å²) in [6.45, 7) is 3.75. The van der Waals surface area contributed by atoms with Crippen molar-refractivity contribution in [3.05, 3.63) is 72.3 Å². The molecule has 3 rings (SSSR count). The fourth-order valence-electron chi connectivity index (χ4n) is 3.09. The number of carbonyl (C=O) groups is 1. The van der Waals surface area contributed by atoms with Crippen molar-refractivity contribution in [2.75, 3.05) is 24.5 Å². The van der Waals surface area contributed by atoms with Gasteiger partial charge in [-0.1, -0.05) is 12.1 Å². The van der Waals surface area contributed by atoms with E-state index in [1.54, 1.807) is 48.4 Å². The van der Waals surface area contributed by atoms with Crippen molar-refractivity contribution in [1.82, 2.24) is 19.9 Å².